The van der Waals surface area contributed by atoms with Crippen LogP contribution in [0.4, 0.5) is 0 Å². The number of nitrogens with zero attached hydrogens (tertiary/aromatic N) is 1. The Kier molecular flexibility index (Phi) is 7.03. The fourth-order valence-electron chi connectivity index (χ4n) is 2.57. The predicted octanol–water partition coefficient (Wildman–Crippen LogP) is 3.89. The molecule has 5 nitrogen and oxygen atoms in total. The van der Waals surface area contributed by atoms with Gasteiger partial charge in [0.15, 0.2) is 6.61 Å². The Balaban J connectivity index is 1.49. The van der Waals surface area contributed by atoms with Crippen molar-refractivity contribution in [3.8, 4) is 35.0 Å². The normalized spacial score (nSPS) is 10.3. The molecule has 0 saturated carbocycles. The van der Waals surface area contributed by atoms with E-state index in [1.807, 2.05) is 72.8 Å². The minimum atomic E-state index is -0.365. The number of para-hydroxylation sites is 1. The first-order valence-corrected chi connectivity index (χ1v) is 9.02. The molecule has 29 heavy (non-hydrogen) atoms. The quantitative estimate of drug-likeness (QED) is 0.364. The van der Waals surface area contributed by atoms with Crippen molar-refractivity contribution in [1.82, 2.24) is 5.43 Å². The summed E-state index contributed by atoms with van der Waals surface area (Å²) in [6.07, 6.45) is 6.70. The fourth-order valence-corrected chi connectivity index (χ4v) is 2.57. The molecule has 0 saturated heterocycles. The number of benzene rings is 3. The van der Waals surface area contributed by atoms with E-state index < -0.39 is 0 Å². The molecule has 0 aromatic heterocycles. The molecule has 1 amide bonds. The van der Waals surface area contributed by atoms with Crippen molar-refractivity contribution < 1.29 is 14.3 Å². The second-order valence-corrected chi connectivity index (χ2v) is 6.00. The molecule has 3 aromatic rings. The van der Waals surface area contributed by atoms with Gasteiger partial charge in [-0.05, 0) is 35.4 Å². The number of hydrogen-bond donors (Lipinski definition) is 1. The largest absolute Gasteiger partial charge is 0.484 e. The first kappa shape index (κ1) is 19.7. The molecular weight excluding hydrogens is 364 g/mol. The number of rotatable bonds is 8. The summed E-state index contributed by atoms with van der Waals surface area (Å²) < 4.78 is 10.9. The van der Waals surface area contributed by atoms with Crippen molar-refractivity contribution in [2.24, 2.45) is 5.10 Å². The lowest BCUT2D eigenvalue weighted by Crippen LogP contribution is -2.24. The Hall–Kier alpha value is -4.04. The van der Waals surface area contributed by atoms with Crippen LogP contribution < -0.4 is 14.9 Å². The summed E-state index contributed by atoms with van der Waals surface area (Å²) in [4.78, 5) is 11.9. The molecule has 3 aromatic carbocycles. The lowest BCUT2D eigenvalue weighted by Gasteiger charge is -2.07. The maximum absolute atomic E-state index is 11.9. The molecule has 0 radical (unpaired) electrons. The van der Waals surface area contributed by atoms with Gasteiger partial charge >= 0.3 is 0 Å². The molecular formula is C24H20N2O3. The van der Waals surface area contributed by atoms with Gasteiger partial charge in [0.2, 0.25) is 0 Å². The van der Waals surface area contributed by atoms with Crippen molar-refractivity contribution >= 4 is 12.1 Å². The van der Waals surface area contributed by atoms with Gasteiger partial charge < -0.3 is 9.47 Å². The lowest BCUT2D eigenvalue weighted by atomic mass is 10.1. The van der Waals surface area contributed by atoms with Crippen LogP contribution in [0.3, 0.4) is 0 Å². The second kappa shape index (κ2) is 10.3. The zero-order valence-corrected chi connectivity index (χ0v) is 15.7. The maximum Gasteiger partial charge on any atom is 0.277 e. The van der Waals surface area contributed by atoms with E-state index in [-0.39, 0.29) is 19.1 Å². The van der Waals surface area contributed by atoms with Crippen molar-refractivity contribution in [2.75, 3.05) is 13.2 Å². The summed E-state index contributed by atoms with van der Waals surface area (Å²) in [5, 5.41) is 3.94. The average molecular weight is 384 g/mol. The van der Waals surface area contributed by atoms with Crippen LogP contribution in [0.5, 0.6) is 11.5 Å². The standard InChI is InChI=1S/C24H20N2O3/c1-2-16-28-23-11-7-6-10-21(23)17-25-26-24(27)18-29-22-14-12-20(13-15-22)19-8-4-3-5-9-19/h1,3-15,17H,16,18H2,(H,26,27)/b25-17-. The van der Waals surface area contributed by atoms with Gasteiger partial charge in [-0.1, -0.05) is 60.5 Å². The Bertz CT molecular complexity index is 1010. The van der Waals surface area contributed by atoms with E-state index >= 15 is 0 Å². The Morgan fingerprint density at radius 3 is 2.38 bits per heavy atom. The Labute approximate surface area is 170 Å². The summed E-state index contributed by atoms with van der Waals surface area (Å²) >= 11 is 0. The van der Waals surface area contributed by atoms with Crippen LogP contribution in [0.25, 0.3) is 11.1 Å². The number of terminal acetylenes is 1. The highest BCUT2D eigenvalue weighted by molar-refractivity contribution is 5.85. The van der Waals surface area contributed by atoms with Gasteiger partial charge in [0.25, 0.3) is 5.91 Å². The van der Waals surface area contributed by atoms with Crippen LogP contribution >= 0.6 is 0 Å². The summed E-state index contributed by atoms with van der Waals surface area (Å²) in [6.45, 7) is 0.0192. The third kappa shape index (κ3) is 5.98. The number of hydrogen-bond acceptors (Lipinski definition) is 4. The Morgan fingerprint density at radius 1 is 0.931 bits per heavy atom. The van der Waals surface area contributed by atoms with E-state index in [2.05, 4.69) is 16.4 Å². The molecule has 0 heterocycles. The fraction of sp³-hybridized carbons (Fsp3) is 0.0833. The summed E-state index contributed by atoms with van der Waals surface area (Å²) in [7, 11) is 0. The van der Waals surface area contributed by atoms with E-state index in [9.17, 15) is 4.79 Å². The molecule has 3 rings (SSSR count). The molecule has 0 atom stereocenters. The number of nitrogens with one attached hydrogen (secondary N) is 1. The second-order valence-electron chi connectivity index (χ2n) is 6.00. The molecule has 0 spiro atoms. The van der Waals surface area contributed by atoms with Gasteiger partial charge in [0, 0.05) is 5.56 Å². The molecule has 1 N–H and O–H groups in total. The zero-order valence-electron chi connectivity index (χ0n) is 15.7. The van der Waals surface area contributed by atoms with E-state index in [0.29, 0.717) is 17.1 Å². The number of hydrazone groups is 1. The molecule has 144 valence electrons. The molecule has 0 aliphatic rings. The topological polar surface area (TPSA) is 59.9 Å². The highest BCUT2D eigenvalue weighted by Crippen LogP contribution is 2.22. The third-order valence-electron chi connectivity index (χ3n) is 3.95. The summed E-state index contributed by atoms with van der Waals surface area (Å²) in [5.41, 5.74) is 5.34. The van der Waals surface area contributed by atoms with E-state index in [1.165, 1.54) is 6.21 Å². The molecule has 0 aliphatic carbocycles. The van der Waals surface area contributed by atoms with E-state index in [0.717, 1.165) is 11.1 Å². The van der Waals surface area contributed by atoms with Crippen molar-refractivity contribution in [3.63, 3.8) is 0 Å². The smallest absolute Gasteiger partial charge is 0.277 e. The van der Waals surface area contributed by atoms with Crippen LogP contribution in [0, 0.1) is 12.3 Å². The molecule has 0 unspecified atom stereocenters. The number of amides is 1. The van der Waals surface area contributed by atoms with Crippen molar-refractivity contribution in [3.05, 3.63) is 84.4 Å². The van der Waals surface area contributed by atoms with Gasteiger partial charge in [0.05, 0.1) is 6.21 Å². The van der Waals surface area contributed by atoms with Crippen LogP contribution in [-0.2, 0) is 4.79 Å². The summed E-state index contributed by atoms with van der Waals surface area (Å²) in [5.74, 6) is 3.25. The molecule has 0 bridgehead atoms. The van der Waals surface area contributed by atoms with Gasteiger partial charge in [-0.25, -0.2) is 5.43 Å². The van der Waals surface area contributed by atoms with Gasteiger partial charge in [-0.3, -0.25) is 4.79 Å². The average Bonchev–Trinajstić information content (AvgIpc) is 2.78. The molecule has 5 heteroatoms. The van der Waals surface area contributed by atoms with Crippen LogP contribution in [0.2, 0.25) is 0 Å². The number of carbonyl (C=O) groups is 1. The first-order valence-electron chi connectivity index (χ1n) is 9.02. The lowest BCUT2D eigenvalue weighted by molar-refractivity contribution is -0.123. The predicted molar refractivity (Wildman–Crippen MR) is 114 cm³/mol. The molecule has 0 fully saturated rings. The highest BCUT2D eigenvalue weighted by atomic mass is 16.5. The maximum atomic E-state index is 11.9. The van der Waals surface area contributed by atoms with Gasteiger partial charge in [-0.15, -0.1) is 6.42 Å². The highest BCUT2D eigenvalue weighted by Gasteiger charge is 2.03. The minimum absolute atomic E-state index is 0.142. The van der Waals surface area contributed by atoms with Crippen LogP contribution in [0.1, 0.15) is 5.56 Å². The zero-order chi connectivity index (χ0) is 20.3. The number of carbonyl (C=O) groups excluding carboxylic acids is 1. The van der Waals surface area contributed by atoms with Gasteiger partial charge in [0.1, 0.15) is 18.1 Å². The monoisotopic (exact) mass is 384 g/mol. The third-order valence-corrected chi connectivity index (χ3v) is 3.95. The number of ether oxygens (including phenoxy) is 2. The Morgan fingerprint density at radius 2 is 1.62 bits per heavy atom. The molecule has 0 aliphatic heterocycles. The first-order chi connectivity index (χ1) is 14.3. The van der Waals surface area contributed by atoms with Crippen LogP contribution in [-0.4, -0.2) is 25.3 Å². The van der Waals surface area contributed by atoms with E-state index in [4.69, 9.17) is 15.9 Å². The SMILES string of the molecule is C#CCOc1ccccc1/C=N\NC(=O)COc1ccc(-c2ccccc2)cc1. The van der Waals surface area contributed by atoms with E-state index in [1.54, 1.807) is 6.07 Å². The minimum Gasteiger partial charge on any atom is -0.484 e. The van der Waals surface area contributed by atoms with Crippen molar-refractivity contribution in [1.29, 1.82) is 0 Å². The summed E-state index contributed by atoms with van der Waals surface area (Å²) in [6, 6.07) is 24.9. The van der Waals surface area contributed by atoms with Crippen LogP contribution in [0.15, 0.2) is 84.0 Å². The van der Waals surface area contributed by atoms with Crippen molar-refractivity contribution in [2.45, 2.75) is 0 Å². The van der Waals surface area contributed by atoms with Gasteiger partial charge in [-0.2, -0.15) is 5.10 Å².